The molecular formula is C11H23N3O2. The van der Waals surface area contributed by atoms with E-state index in [0.717, 1.165) is 13.1 Å². The van der Waals surface area contributed by atoms with Gasteiger partial charge >= 0.3 is 5.97 Å². The fourth-order valence-electron chi connectivity index (χ4n) is 2.25. The zero-order chi connectivity index (χ0) is 12.1. The number of likely N-dealkylation sites (N-methyl/N-ethyl adjacent to an activating group) is 1. The zero-order valence-electron chi connectivity index (χ0n) is 10.5. The van der Waals surface area contributed by atoms with Crippen LogP contribution in [0.25, 0.3) is 0 Å². The summed E-state index contributed by atoms with van der Waals surface area (Å²) >= 11 is 0. The summed E-state index contributed by atoms with van der Waals surface area (Å²) in [5.74, 6) is 0.357. The number of nitrogens with zero attached hydrogens (tertiary/aromatic N) is 2. The van der Waals surface area contributed by atoms with Crippen molar-refractivity contribution in [2.75, 3.05) is 47.4 Å². The van der Waals surface area contributed by atoms with E-state index >= 15 is 0 Å². The highest BCUT2D eigenvalue weighted by Gasteiger charge is 2.22. The predicted molar refractivity (Wildman–Crippen MR) is 63.1 cm³/mol. The third-order valence-electron chi connectivity index (χ3n) is 3.07. The minimum atomic E-state index is -0.533. The Morgan fingerprint density at radius 1 is 1.69 bits per heavy atom. The minimum absolute atomic E-state index is 0.338. The van der Waals surface area contributed by atoms with Crippen LogP contribution in [-0.2, 0) is 9.53 Å². The van der Waals surface area contributed by atoms with Crippen LogP contribution < -0.4 is 5.73 Å². The lowest BCUT2D eigenvalue weighted by Gasteiger charge is -2.23. The van der Waals surface area contributed by atoms with Crippen LogP contribution in [-0.4, -0.2) is 69.2 Å². The zero-order valence-corrected chi connectivity index (χ0v) is 10.5. The van der Waals surface area contributed by atoms with Gasteiger partial charge in [0, 0.05) is 19.6 Å². The summed E-state index contributed by atoms with van der Waals surface area (Å²) in [6.45, 7) is 3.86. The molecular weight excluding hydrogens is 206 g/mol. The molecule has 1 rings (SSSR count). The molecule has 5 heteroatoms. The summed E-state index contributed by atoms with van der Waals surface area (Å²) in [4.78, 5) is 15.6. The van der Waals surface area contributed by atoms with Gasteiger partial charge in [0.2, 0.25) is 0 Å². The molecule has 1 saturated heterocycles. The molecule has 16 heavy (non-hydrogen) atoms. The van der Waals surface area contributed by atoms with Gasteiger partial charge < -0.3 is 20.3 Å². The molecule has 0 aromatic carbocycles. The highest BCUT2D eigenvalue weighted by molar-refractivity contribution is 5.75. The number of hydrogen-bond donors (Lipinski definition) is 1. The lowest BCUT2D eigenvalue weighted by atomic mass is 10.1. The monoisotopic (exact) mass is 229 g/mol. The number of rotatable bonds is 5. The van der Waals surface area contributed by atoms with Gasteiger partial charge in [-0.3, -0.25) is 4.79 Å². The molecule has 0 saturated carbocycles. The molecule has 2 N–H and O–H groups in total. The van der Waals surface area contributed by atoms with E-state index in [9.17, 15) is 4.79 Å². The van der Waals surface area contributed by atoms with E-state index in [1.165, 1.54) is 20.1 Å². The fraction of sp³-hybridized carbons (Fsp3) is 0.909. The van der Waals surface area contributed by atoms with Crippen molar-refractivity contribution in [3.63, 3.8) is 0 Å². The number of esters is 1. The first-order valence-electron chi connectivity index (χ1n) is 5.73. The number of nitrogens with two attached hydrogens (primary N) is 1. The Hall–Kier alpha value is -0.650. The number of carbonyl (C=O) groups is 1. The van der Waals surface area contributed by atoms with Gasteiger partial charge in [-0.25, -0.2) is 0 Å². The van der Waals surface area contributed by atoms with Crippen LogP contribution in [0, 0.1) is 5.92 Å². The second-order valence-electron chi connectivity index (χ2n) is 4.77. The second-order valence-corrected chi connectivity index (χ2v) is 4.77. The molecule has 0 spiro atoms. The highest BCUT2D eigenvalue weighted by atomic mass is 16.5. The van der Waals surface area contributed by atoms with Crippen molar-refractivity contribution in [1.82, 2.24) is 9.80 Å². The normalized spacial score (nSPS) is 23.7. The molecule has 0 radical (unpaired) electrons. The molecule has 1 fully saturated rings. The Kier molecular flexibility index (Phi) is 5.18. The average molecular weight is 229 g/mol. The summed E-state index contributed by atoms with van der Waals surface area (Å²) < 4.78 is 4.60. The van der Waals surface area contributed by atoms with Crippen molar-refractivity contribution >= 4 is 5.97 Å². The van der Waals surface area contributed by atoms with E-state index in [2.05, 4.69) is 21.6 Å². The van der Waals surface area contributed by atoms with Gasteiger partial charge in [-0.1, -0.05) is 0 Å². The van der Waals surface area contributed by atoms with E-state index in [1.807, 2.05) is 7.05 Å². The van der Waals surface area contributed by atoms with Crippen molar-refractivity contribution in [2.45, 2.75) is 12.5 Å². The minimum Gasteiger partial charge on any atom is -0.468 e. The van der Waals surface area contributed by atoms with Crippen molar-refractivity contribution in [2.24, 2.45) is 11.7 Å². The van der Waals surface area contributed by atoms with Crippen LogP contribution in [0.4, 0.5) is 0 Å². The molecule has 2 unspecified atom stereocenters. The first kappa shape index (κ1) is 13.4. The van der Waals surface area contributed by atoms with Crippen LogP contribution in [0.3, 0.4) is 0 Å². The van der Waals surface area contributed by atoms with Crippen LogP contribution in [0.5, 0.6) is 0 Å². The molecule has 0 aromatic heterocycles. The van der Waals surface area contributed by atoms with E-state index in [0.29, 0.717) is 12.5 Å². The summed E-state index contributed by atoms with van der Waals surface area (Å²) in [7, 11) is 5.51. The summed E-state index contributed by atoms with van der Waals surface area (Å²) in [6, 6.07) is -0.533. The molecule has 0 aromatic rings. The lowest BCUT2D eigenvalue weighted by Crippen LogP contribution is -2.43. The Balaban J connectivity index is 2.25. The number of ether oxygens (including phenoxy) is 1. The third-order valence-corrected chi connectivity index (χ3v) is 3.07. The summed E-state index contributed by atoms with van der Waals surface area (Å²) in [6.07, 6.45) is 1.23. The van der Waals surface area contributed by atoms with Crippen LogP contribution >= 0.6 is 0 Å². The van der Waals surface area contributed by atoms with Crippen molar-refractivity contribution in [3.05, 3.63) is 0 Å². The molecule has 2 atom stereocenters. The highest BCUT2D eigenvalue weighted by Crippen LogP contribution is 2.14. The quantitative estimate of drug-likeness (QED) is 0.636. The van der Waals surface area contributed by atoms with E-state index in [4.69, 9.17) is 5.73 Å². The molecule has 0 aliphatic carbocycles. The van der Waals surface area contributed by atoms with Crippen LogP contribution in [0.2, 0.25) is 0 Å². The van der Waals surface area contributed by atoms with Crippen molar-refractivity contribution in [3.8, 4) is 0 Å². The summed E-state index contributed by atoms with van der Waals surface area (Å²) in [5.41, 5.74) is 5.70. The Labute approximate surface area is 97.5 Å². The number of hydrogen-bond acceptors (Lipinski definition) is 5. The first-order valence-corrected chi connectivity index (χ1v) is 5.73. The second kappa shape index (κ2) is 6.18. The smallest absolute Gasteiger partial charge is 0.323 e. The van der Waals surface area contributed by atoms with E-state index in [1.54, 1.807) is 0 Å². The van der Waals surface area contributed by atoms with Gasteiger partial charge in [0.05, 0.1) is 7.11 Å². The van der Waals surface area contributed by atoms with Crippen LogP contribution in [0.15, 0.2) is 0 Å². The molecule has 1 aliphatic heterocycles. The molecule has 1 aliphatic rings. The molecule has 94 valence electrons. The van der Waals surface area contributed by atoms with Gasteiger partial charge in [0.1, 0.15) is 6.04 Å². The molecule has 1 heterocycles. The van der Waals surface area contributed by atoms with Crippen LogP contribution in [0.1, 0.15) is 6.42 Å². The van der Waals surface area contributed by atoms with Gasteiger partial charge in [-0.2, -0.15) is 0 Å². The molecule has 5 nitrogen and oxygen atoms in total. The van der Waals surface area contributed by atoms with Gasteiger partial charge in [-0.05, 0) is 33.0 Å². The van der Waals surface area contributed by atoms with Gasteiger partial charge in [0.15, 0.2) is 0 Å². The Morgan fingerprint density at radius 3 is 2.88 bits per heavy atom. The van der Waals surface area contributed by atoms with Gasteiger partial charge in [-0.15, -0.1) is 0 Å². The van der Waals surface area contributed by atoms with E-state index in [-0.39, 0.29) is 5.97 Å². The SMILES string of the molecule is COC(=O)C(N)CN(C)CC1CCN(C)C1. The number of likely N-dealkylation sites (tertiary alicyclic amines) is 1. The summed E-state index contributed by atoms with van der Waals surface area (Å²) in [5, 5.41) is 0. The van der Waals surface area contributed by atoms with Crippen molar-refractivity contribution < 1.29 is 9.53 Å². The van der Waals surface area contributed by atoms with Crippen molar-refractivity contribution in [1.29, 1.82) is 0 Å². The Bertz CT molecular complexity index is 235. The molecule has 0 bridgehead atoms. The topological polar surface area (TPSA) is 58.8 Å². The lowest BCUT2D eigenvalue weighted by molar-refractivity contribution is -0.142. The predicted octanol–water partition coefficient (Wildman–Crippen LogP) is -0.630. The maximum atomic E-state index is 11.2. The fourth-order valence-corrected chi connectivity index (χ4v) is 2.25. The first-order chi connectivity index (χ1) is 7.52. The van der Waals surface area contributed by atoms with E-state index < -0.39 is 6.04 Å². The maximum Gasteiger partial charge on any atom is 0.323 e. The number of carbonyl (C=O) groups excluding carboxylic acids is 1. The maximum absolute atomic E-state index is 11.2. The average Bonchev–Trinajstić information content (AvgIpc) is 2.62. The van der Waals surface area contributed by atoms with Gasteiger partial charge in [0.25, 0.3) is 0 Å². The standard InChI is InChI=1S/C11H23N3O2/c1-13-5-4-9(6-13)7-14(2)8-10(12)11(15)16-3/h9-10H,4-8,12H2,1-3H3. The Morgan fingerprint density at radius 2 is 2.38 bits per heavy atom. The third kappa shape index (κ3) is 4.08. The largest absolute Gasteiger partial charge is 0.468 e. The number of methoxy groups -OCH3 is 1. The molecule has 0 amide bonds.